The molecule has 3 heterocycles. The van der Waals surface area contributed by atoms with E-state index in [-0.39, 0.29) is 0 Å². The number of rotatable bonds is 6. The molecule has 0 amide bonds. The van der Waals surface area contributed by atoms with Crippen LogP contribution >= 0.6 is 0 Å². The maximum Gasteiger partial charge on any atom is 0.227 e. The zero-order chi connectivity index (χ0) is 30.7. The Kier molecular flexibility index (Phi) is 5.87. The number of imidazole rings is 1. The highest BCUT2D eigenvalue weighted by Crippen LogP contribution is 2.41. The van der Waals surface area contributed by atoms with E-state index in [2.05, 4.69) is 75.6 Å². The van der Waals surface area contributed by atoms with Crippen molar-refractivity contribution in [3.63, 3.8) is 0 Å². The van der Waals surface area contributed by atoms with Crippen LogP contribution in [0.25, 0.3) is 50.2 Å². The molecule has 7 aromatic rings. The molecule has 0 fully saturated rings. The van der Waals surface area contributed by atoms with Gasteiger partial charge in [-0.2, -0.15) is 0 Å². The Hall–Kier alpha value is -4.70. The number of hydrogen-bond donors (Lipinski definition) is 0. The maximum atomic E-state index is 8.85. The molecule has 0 saturated carbocycles. The van der Waals surface area contributed by atoms with Gasteiger partial charge in [-0.1, -0.05) is 100.0 Å². The third kappa shape index (κ3) is 4.39. The molecule has 0 aliphatic carbocycles. The molecular formula is C38H35N3O. The number of fused-ring (bicyclic) bond motifs is 4. The quantitative estimate of drug-likeness (QED) is 0.206. The predicted molar refractivity (Wildman–Crippen MR) is 174 cm³/mol. The van der Waals surface area contributed by atoms with Crippen molar-refractivity contribution in [1.82, 2.24) is 14.5 Å². The zero-order valence-corrected chi connectivity index (χ0v) is 24.6. The Labute approximate surface area is 249 Å². The van der Waals surface area contributed by atoms with Crippen LogP contribution in [0.1, 0.15) is 70.2 Å². The smallest absolute Gasteiger partial charge is 0.227 e. The lowest BCUT2D eigenvalue weighted by Gasteiger charge is -2.23. The molecule has 0 unspecified atom stereocenters. The van der Waals surface area contributed by atoms with Gasteiger partial charge in [0.05, 0.1) is 22.3 Å². The molecule has 0 N–H and O–H groups in total. The van der Waals surface area contributed by atoms with Gasteiger partial charge in [0, 0.05) is 25.6 Å². The van der Waals surface area contributed by atoms with Gasteiger partial charge in [-0.3, -0.25) is 4.57 Å². The van der Waals surface area contributed by atoms with E-state index < -0.39 is 6.37 Å². The van der Waals surface area contributed by atoms with E-state index in [1.54, 1.807) is 18.2 Å². The van der Waals surface area contributed by atoms with Gasteiger partial charge in [0.2, 0.25) is 5.71 Å². The first kappa shape index (κ1) is 24.0. The van der Waals surface area contributed by atoms with Crippen LogP contribution in [0.5, 0.6) is 0 Å². The number of nitrogens with zero attached hydrogens (tertiary/aromatic N) is 3. The number of hydrogen-bond acceptors (Lipinski definition) is 3. The summed E-state index contributed by atoms with van der Waals surface area (Å²) in [4.78, 5) is 9.96. The van der Waals surface area contributed by atoms with Gasteiger partial charge in [-0.15, -0.1) is 0 Å². The molecule has 0 radical (unpaired) electrons. The first-order valence-electron chi connectivity index (χ1n) is 15.7. The van der Waals surface area contributed by atoms with Crippen molar-refractivity contribution in [3.8, 4) is 17.1 Å². The molecule has 4 aromatic carbocycles. The maximum absolute atomic E-state index is 8.85. The normalized spacial score (nSPS) is 13.0. The van der Waals surface area contributed by atoms with E-state index in [1.807, 2.05) is 42.5 Å². The summed E-state index contributed by atoms with van der Waals surface area (Å²) in [6, 6.07) is 31.9. The first-order chi connectivity index (χ1) is 21.1. The summed E-state index contributed by atoms with van der Waals surface area (Å²) in [7, 11) is 0. The van der Waals surface area contributed by atoms with Crippen molar-refractivity contribution in [2.24, 2.45) is 0 Å². The van der Waals surface area contributed by atoms with Crippen molar-refractivity contribution in [1.29, 1.82) is 0 Å². The minimum Gasteiger partial charge on any atom is -0.437 e. The minimum absolute atomic E-state index is 0.306. The van der Waals surface area contributed by atoms with Gasteiger partial charge >= 0.3 is 0 Å². The van der Waals surface area contributed by atoms with E-state index in [0.29, 0.717) is 34.4 Å². The van der Waals surface area contributed by atoms with Gasteiger partial charge < -0.3 is 4.42 Å². The highest BCUT2D eigenvalue weighted by Gasteiger charge is 2.25. The van der Waals surface area contributed by atoms with Gasteiger partial charge in [0.1, 0.15) is 11.4 Å². The minimum atomic E-state index is -1.77. The number of furan rings is 1. The fraction of sp³-hybridized carbons (Fsp3) is 0.211. The number of aryl methyl sites for hydroxylation is 1. The lowest BCUT2D eigenvalue weighted by atomic mass is 9.90. The summed E-state index contributed by atoms with van der Waals surface area (Å²) >= 11 is 0. The lowest BCUT2D eigenvalue weighted by molar-refractivity contribution is 0.652. The van der Waals surface area contributed by atoms with Crippen molar-refractivity contribution in [3.05, 3.63) is 125 Å². The Morgan fingerprint density at radius 2 is 1.48 bits per heavy atom. The zero-order valence-electron chi connectivity index (χ0n) is 26.6. The molecule has 3 aromatic heterocycles. The Bertz CT molecular complexity index is 2140. The summed E-state index contributed by atoms with van der Waals surface area (Å²) in [5.41, 5.74) is 9.78. The summed E-state index contributed by atoms with van der Waals surface area (Å²) in [6.07, 6.45) is -1.77. The SMILES string of the molecule is [2H]C([2H])(c1ccccc1)c1ccc2c(n1)oc1c(-c3nc4ccccc4n3-c3c(C(C)C)cc(C)cc3C(C)C)cccc12. The van der Waals surface area contributed by atoms with Crippen LogP contribution in [0.2, 0.25) is 0 Å². The molecule has 0 spiro atoms. The fourth-order valence-electron chi connectivity index (χ4n) is 6.00. The molecule has 7 rings (SSSR count). The van der Waals surface area contributed by atoms with Crippen LogP contribution in [0.4, 0.5) is 0 Å². The lowest BCUT2D eigenvalue weighted by Crippen LogP contribution is -2.09. The van der Waals surface area contributed by atoms with Gasteiger partial charge in [-0.05, 0) is 65.8 Å². The van der Waals surface area contributed by atoms with Crippen LogP contribution in [0, 0.1) is 6.92 Å². The molecule has 42 heavy (non-hydrogen) atoms. The molecule has 4 heteroatoms. The van der Waals surface area contributed by atoms with E-state index in [4.69, 9.17) is 17.1 Å². The van der Waals surface area contributed by atoms with Gasteiger partial charge in [0.25, 0.3) is 0 Å². The average molecular weight is 552 g/mol. The molecule has 0 bridgehead atoms. The Morgan fingerprint density at radius 3 is 2.21 bits per heavy atom. The molecule has 0 aliphatic heterocycles. The summed E-state index contributed by atoms with van der Waals surface area (Å²) in [6.45, 7) is 11.2. The highest BCUT2D eigenvalue weighted by atomic mass is 16.3. The molecule has 208 valence electrons. The molecule has 0 atom stereocenters. The summed E-state index contributed by atoms with van der Waals surface area (Å²) in [5.74, 6) is 1.42. The highest BCUT2D eigenvalue weighted by molar-refractivity contribution is 6.08. The molecule has 0 saturated heterocycles. The topological polar surface area (TPSA) is 43.9 Å². The van der Waals surface area contributed by atoms with Crippen LogP contribution in [-0.4, -0.2) is 14.5 Å². The van der Waals surface area contributed by atoms with E-state index in [0.717, 1.165) is 33.2 Å². The van der Waals surface area contributed by atoms with Gasteiger partial charge in [0.15, 0.2) is 0 Å². The second kappa shape index (κ2) is 10.3. The fourth-order valence-corrected chi connectivity index (χ4v) is 6.00. The molecular weight excluding hydrogens is 514 g/mol. The van der Waals surface area contributed by atoms with E-state index in [9.17, 15) is 0 Å². The van der Waals surface area contributed by atoms with Crippen LogP contribution in [0.15, 0.2) is 101 Å². The number of aromatic nitrogens is 3. The first-order valence-corrected chi connectivity index (χ1v) is 14.7. The largest absolute Gasteiger partial charge is 0.437 e. The van der Waals surface area contributed by atoms with Crippen LogP contribution in [-0.2, 0) is 6.37 Å². The molecule has 4 nitrogen and oxygen atoms in total. The average Bonchev–Trinajstić information content (AvgIpc) is 3.59. The van der Waals surface area contributed by atoms with E-state index >= 15 is 0 Å². The summed E-state index contributed by atoms with van der Waals surface area (Å²) < 4.78 is 26.6. The van der Waals surface area contributed by atoms with E-state index in [1.165, 1.54) is 22.4 Å². The van der Waals surface area contributed by atoms with Crippen molar-refractivity contribution < 1.29 is 7.16 Å². The monoisotopic (exact) mass is 551 g/mol. The number of pyridine rings is 1. The number of para-hydroxylation sites is 3. The number of benzene rings is 4. The Balaban J connectivity index is 1.51. The molecule has 0 aliphatic rings. The third-order valence-corrected chi connectivity index (χ3v) is 7.99. The predicted octanol–water partition coefficient (Wildman–Crippen LogP) is 10.1. The second-order valence-electron chi connectivity index (χ2n) is 11.7. The standard InChI is InChI=1S/C38H35N3O/c1-23(2)31-20-25(5)21-32(24(3)4)35(31)41-34-17-10-9-16-33(34)40-37(41)30-15-11-14-28-29-19-18-27(39-38(29)42-36(28)30)22-26-12-7-6-8-13-26/h6-21,23-24H,22H2,1-5H3/i22D2. The third-order valence-electron chi connectivity index (χ3n) is 7.99. The summed E-state index contributed by atoms with van der Waals surface area (Å²) in [5, 5.41) is 1.77. The van der Waals surface area contributed by atoms with Crippen molar-refractivity contribution >= 4 is 33.1 Å². The van der Waals surface area contributed by atoms with Gasteiger partial charge in [-0.25, -0.2) is 9.97 Å². The van der Waals surface area contributed by atoms with Crippen LogP contribution in [0.3, 0.4) is 0 Å². The second-order valence-corrected chi connectivity index (χ2v) is 11.7. The van der Waals surface area contributed by atoms with Crippen molar-refractivity contribution in [2.75, 3.05) is 0 Å². The van der Waals surface area contributed by atoms with Crippen LogP contribution < -0.4 is 0 Å². The van der Waals surface area contributed by atoms with Crippen molar-refractivity contribution in [2.45, 2.75) is 52.8 Å². The Morgan fingerprint density at radius 1 is 0.762 bits per heavy atom.